The molecule has 1 amide bonds. The van der Waals surface area contributed by atoms with Crippen LogP contribution in [0.4, 0.5) is 5.69 Å². The summed E-state index contributed by atoms with van der Waals surface area (Å²) in [6.07, 6.45) is 0. The molecule has 4 nitrogen and oxygen atoms in total. The van der Waals surface area contributed by atoms with Crippen molar-refractivity contribution in [1.82, 2.24) is 0 Å². The van der Waals surface area contributed by atoms with Gasteiger partial charge in [-0.05, 0) is 69.4 Å². The van der Waals surface area contributed by atoms with Gasteiger partial charge in [-0.25, -0.2) is 0 Å². The fourth-order valence-corrected chi connectivity index (χ4v) is 3.65. The summed E-state index contributed by atoms with van der Waals surface area (Å²) in [5, 5.41) is 2.79. The Morgan fingerprint density at radius 1 is 1.10 bits per heavy atom. The number of amides is 1. The molecule has 0 aliphatic heterocycles. The molecule has 0 aliphatic carbocycles. The molecule has 0 unspecified atom stereocenters. The second kappa shape index (κ2) is 7.21. The number of para-hydroxylation sites is 1. The Hall–Kier alpha value is -1.16. The van der Waals surface area contributed by atoms with Gasteiger partial charge in [0.2, 0.25) is 0 Å². The van der Waals surface area contributed by atoms with E-state index in [1.54, 1.807) is 18.2 Å². The lowest BCUT2D eigenvalue weighted by molar-refractivity contribution is -0.131. The number of anilines is 1. The highest BCUT2D eigenvalue weighted by atomic mass is 127. The van der Waals surface area contributed by atoms with Crippen LogP contribution in [0.15, 0.2) is 42.5 Å². The van der Waals surface area contributed by atoms with Gasteiger partial charge in [0.1, 0.15) is 0 Å². The average molecular weight is 507 g/mol. The molecule has 1 N–H and O–H groups in total. The van der Waals surface area contributed by atoms with Crippen molar-refractivity contribution in [2.75, 3.05) is 5.32 Å². The van der Waals surface area contributed by atoms with E-state index in [-0.39, 0.29) is 11.7 Å². The average Bonchev–Trinajstić information content (AvgIpc) is 2.42. The quantitative estimate of drug-likeness (QED) is 0.388. The van der Waals surface area contributed by atoms with Gasteiger partial charge in [0.05, 0.1) is 9.13 Å². The maximum atomic E-state index is 12.4. The van der Waals surface area contributed by atoms with Crippen LogP contribution in [-0.2, 0) is 4.79 Å². The standard InChI is InChI=1S/C15H11I2NO3/c1-9(19)21-14-12(7-10(16)8-13(14)17)15(20)18-11-5-3-2-4-6-11/h2-8H,1H3,(H,18,20). The van der Waals surface area contributed by atoms with E-state index >= 15 is 0 Å². The molecule has 2 rings (SSSR count). The molecular formula is C15H11I2NO3. The van der Waals surface area contributed by atoms with Crippen molar-refractivity contribution in [3.63, 3.8) is 0 Å². The molecule has 2 aromatic carbocycles. The number of rotatable bonds is 3. The van der Waals surface area contributed by atoms with Gasteiger partial charge in [-0.3, -0.25) is 9.59 Å². The molecule has 108 valence electrons. The molecule has 0 aliphatic rings. The summed E-state index contributed by atoms with van der Waals surface area (Å²) >= 11 is 4.17. The molecule has 2 aromatic rings. The minimum Gasteiger partial charge on any atom is -0.425 e. The van der Waals surface area contributed by atoms with Crippen molar-refractivity contribution < 1.29 is 14.3 Å². The molecule has 21 heavy (non-hydrogen) atoms. The summed E-state index contributed by atoms with van der Waals surface area (Å²) in [5.74, 6) is -0.478. The van der Waals surface area contributed by atoms with Crippen LogP contribution in [0.5, 0.6) is 5.75 Å². The third kappa shape index (κ3) is 4.40. The largest absolute Gasteiger partial charge is 0.425 e. The first-order valence-corrected chi connectivity index (χ1v) is 8.17. The summed E-state index contributed by atoms with van der Waals surface area (Å²) in [6.45, 7) is 1.31. The molecule has 0 radical (unpaired) electrons. The Balaban J connectivity index is 2.37. The molecule has 0 atom stereocenters. The van der Waals surface area contributed by atoms with Gasteiger partial charge in [0, 0.05) is 16.2 Å². The number of nitrogens with one attached hydrogen (secondary N) is 1. The van der Waals surface area contributed by atoms with Crippen molar-refractivity contribution in [2.24, 2.45) is 0 Å². The second-order valence-corrected chi connectivity index (χ2v) is 6.59. The molecule has 0 aromatic heterocycles. The Morgan fingerprint density at radius 2 is 1.76 bits per heavy atom. The van der Waals surface area contributed by atoms with Crippen LogP contribution in [0.2, 0.25) is 0 Å². The number of halogens is 2. The lowest BCUT2D eigenvalue weighted by Gasteiger charge is -2.12. The number of benzene rings is 2. The molecule has 0 fully saturated rings. The zero-order valence-corrected chi connectivity index (χ0v) is 15.3. The van der Waals surface area contributed by atoms with E-state index in [4.69, 9.17) is 4.74 Å². The van der Waals surface area contributed by atoms with Gasteiger partial charge >= 0.3 is 5.97 Å². The van der Waals surface area contributed by atoms with Crippen LogP contribution in [-0.4, -0.2) is 11.9 Å². The predicted octanol–water partition coefficient (Wildman–Crippen LogP) is 4.07. The Kier molecular flexibility index (Phi) is 5.57. The molecule has 0 bridgehead atoms. The van der Waals surface area contributed by atoms with E-state index in [1.165, 1.54) is 6.92 Å². The monoisotopic (exact) mass is 507 g/mol. The Bertz CT molecular complexity index is 687. The Morgan fingerprint density at radius 3 is 2.38 bits per heavy atom. The molecule has 0 saturated carbocycles. The van der Waals surface area contributed by atoms with E-state index in [9.17, 15) is 9.59 Å². The number of hydrogen-bond acceptors (Lipinski definition) is 3. The van der Waals surface area contributed by atoms with Crippen molar-refractivity contribution in [3.8, 4) is 5.75 Å². The van der Waals surface area contributed by atoms with Crippen molar-refractivity contribution in [3.05, 3.63) is 55.2 Å². The highest BCUT2D eigenvalue weighted by Crippen LogP contribution is 2.29. The van der Waals surface area contributed by atoms with Gasteiger partial charge < -0.3 is 10.1 Å². The van der Waals surface area contributed by atoms with Crippen LogP contribution >= 0.6 is 45.2 Å². The zero-order chi connectivity index (χ0) is 15.4. The Labute approximate surface area is 149 Å². The van der Waals surface area contributed by atoms with Crippen molar-refractivity contribution >= 4 is 62.7 Å². The van der Waals surface area contributed by atoms with Gasteiger partial charge in [0.25, 0.3) is 5.91 Å². The molecule has 6 heteroatoms. The van der Waals surface area contributed by atoms with Gasteiger partial charge in [-0.2, -0.15) is 0 Å². The van der Waals surface area contributed by atoms with Crippen molar-refractivity contribution in [1.29, 1.82) is 0 Å². The topological polar surface area (TPSA) is 55.4 Å². The number of esters is 1. The fraction of sp³-hybridized carbons (Fsp3) is 0.0667. The van der Waals surface area contributed by atoms with Gasteiger partial charge in [0.15, 0.2) is 5.75 Å². The maximum absolute atomic E-state index is 12.4. The van der Waals surface area contributed by atoms with Crippen LogP contribution in [0.25, 0.3) is 0 Å². The lowest BCUT2D eigenvalue weighted by Crippen LogP contribution is -2.16. The first kappa shape index (κ1) is 16.2. The molecule has 0 heterocycles. The molecule has 0 saturated heterocycles. The summed E-state index contributed by atoms with van der Waals surface area (Å²) in [6, 6.07) is 12.7. The first-order valence-electron chi connectivity index (χ1n) is 6.01. The van der Waals surface area contributed by atoms with E-state index in [0.29, 0.717) is 14.8 Å². The van der Waals surface area contributed by atoms with E-state index in [2.05, 4.69) is 27.9 Å². The van der Waals surface area contributed by atoms with Gasteiger partial charge in [-0.1, -0.05) is 18.2 Å². The summed E-state index contributed by atoms with van der Waals surface area (Å²) in [4.78, 5) is 23.6. The van der Waals surface area contributed by atoms with Crippen molar-refractivity contribution in [2.45, 2.75) is 6.92 Å². The van der Waals surface area contributed by atoms with Crippen LogP contribution in [0.3, 0.4) is 0 Å². The van der Waals surface area contributed by atoms with E-state index < -0.39 is 5.97 Å². The van der Waals surface area contributed by atoms with E-state index in [1.807, 2.05) is 46.9 Å². The predicted molar refractivity (Wildman–Crippen MR) is 97.6 cm³/mol. The smallest absolute Gasteiger partial charge is 0.308 e. The fourth-order valence-electron chi connectivity index (χ4n) is 1.70. The van der Waals surface area contributed by atoms with Crippen LogP contribution in [0, 0.1) is 7.14 Å². The normalized spacial score (nSPS) is 10.0. The number of hydrogen-bond donors (Lipinski definition) is 1. The van der Waals surface area contributed by atoms with E-state index in [0.717, 1.165) is 3.57 Å². The highest BCUT2D eigenvalue weighted by Gasteiger charge is 2.18. The minimum absolute atomic E-state index is 0.289. The van der Waals surface area contributed by atoms with Gasteiger partial charge in [-0.15, -0.1) is 0 Å². The number of ether oxygens (including phenoxy) is 1. The minimum atomic E-state index is -0.456. The number of carbonyl (C=O) groups is 2. The van der Waals surface area contributed by atoms with Crippen LogP contribution < -0.4 is 10.1 Å². The third-order valence-electron chi connectivity index (χ3n) is 2.53. The summed E-state index contributed by atoms with van der Waals surface area (Å²) in [5.41, 5.74) is 1.02. The van der Waals surface area contributed by atoms with Crippen LogP contribution in [0.1, 0.15) is 17.3 Å². The zero-order valence-electron chi connectivity index (χ0n) is 11.0. The summed E-state index contributed by atoms with van der Waals surface area (Å²) in [7, 11) is 0. The highest BCUT2D eigenvalue weighted by molar-refractivity contribution is 14.1. The molecule has 0 spiro atoms. The maximum Gasteiger partial charge on any atom is 0.308 e. The summed E-state index contributed by atoms with van der Waals surface area (Å²) < 4.78 is 6.79. The SMILES string of the molecule is CC(=O)Oc1c(I)cc(I)cc1C(=O)Nc1ccccc1. The number of carbonyl (C=O) groups excluding carboxylic acids is 2. The lowest BCUT2D eigenvalue weighted by atomic mass is 10.2. The third-order valence-corrected chi connectivity index (χ3v) is 3.95. The molecular weight excluding hydrogens is 496 g/mol. The second-order valence-electron chi connectivity index (χ2n) is 4.18. The first-order chi connectivity index (χ1) is 9.97.